The minimum absolute atomic E-state index is 0.294. The summed E-state index contributed by atoms with van der Waals surface area (Å²) in [5, 5.41) is 10.4. The van der Waals surface area contributed by atoms with E-state index in [0.717, 1.165) is 17.0 Å². The molecule has 31 heavy (non-hydrogen) atoms. The number of amides is 1. The van der Waals surface area contributed by atoms with Gasteiger partial charge in [0.15, 0.2) is 17.1 Å². The van der Waals surface area contributed by atoms with Gasteiger partial charge in [0.05, 0.1) is 51.6 Å². The van der Waals surface area contributed by atoms with Crippen molar-refractivity contribution < 1.29 is 14.3 Å². The zero-order valence-corrected chi connectivity index (χ0v) is 18.3. The Hall–Kier alpha value is -3.10. The summed E-state index contributed by atoms with van der Waals surface area (Å²) in [5.74, 6) is 0.850. The van der Waals surface area contributed by atoms with Gasteiger partial charge in [-0.3, -0.25) is 4.79 Å². The number of aromatic nitrogens is 3. The van der Waals surface area contributed by atoms with Crippen LogP contribution in [0.15, 0.2) is 41.9 Å². The van der Waals surface area contributed by atoms with Crippen LogP contribution in [0.1, 0.15) is 23.7 Å². The van der Waals surface area contributed by atoms with Crippen LogP contribution in [-0.2, 0) is 6.54 Å². The minimum Gasteiger partial charge on any atom is -0.490 e. The first kappa shape index (κ1) is 19.8. The topological polar surface area (TPSA) is 78.3 Å². The lowest BCUT2D eigenvalue weighted by Crippen LogP contribution is -2.13. The SMILES string of the molecule is CCn1ncc2c(C(=O)Nc3cc4c(cc3Cl)OCCCO4)cc(-c3cccs3)nc21. The van der Waals surface area contributed by atoms with E-state index in [4.69, 9.17) is 26.1 Å². The predicted molar refractivity (Wildman–Crippen MR) is 122 cm³/mol. The van der Waals surface area contributed by atoms with Crippen molar-refractivity contribution in [1.29, 1.82) is 0 Å². The molecule has 0 bridgehead atoms. The molecule has 158 valence electrons. The van der Waals surface area contributed by atoms with Crippen LogP contribution in [0.3, 0.4) is 0 Å². The predicted octanol–water partition coefficient (Wildman–Crippen LogP) is 5.25. The Morgan fingerprint density at radius 1 is 1.26 bits per heavy atom. The molecule has 0 atom stereocenters. The smallest absolute Gasteiger partial charge is 0.256 e. The Morgan fingerprint density at radius 3 is 2.81 bits per heavy atom. The van der Waals surface area contributed by atoms with Gasteiger partial charge in [0.2, 0.25) is 0 Å². The number of benzene rings is 1. The van der Waals surface area contributed by atoms with E-state index < -0.39 is 0 Å². The average molecular weight is 455 g/mol. The summed E-state index contributed by atoms with van der Waals surface area (Å²) in [4.78, 5) is 19.1. The Labute approximate surface area is 187 Å². The van der Waals surface area contributed by atoms with E-state index >= 15 is 0 Å². The molecule has 0 saturated heterocycles. The van der Waals surface area contributed by atoms with Crippen molar-refractivity contribution in [3.05, 3.63) is 52.5 Å². The molecule has 0 radical (unpaired) electrons. The quantitative estimate of drug-likeness (QED) is 0.455. The van der Waals surface area contributed by atoms with Crippen LogP contribution in [-0.4, -0.2) is 33.9 Å². The number of hydrogen-bond donors (Lipinski definition) is 1. The van der Waals surface area contributed by atoms with Crippen LogP contribution >= 0.6 is 22.9 Å². The van der Waals surface area contributed by atoms with E-state index in [1.807, 2.05) is 24.4 Å². The highest BCUT2D eigenvalue weighted by molar-refractivity contribution is 7.13. The molecule has 9 heteroatoms. The highest BCUT2D eigenvalue weighted by Crippen LogP contribution is 2.38. The zero-order valence-electron chi connectivity index (χ0n) is 16.7. The average Bonchev–Trinajstić information content (AvgIpc) is 3.40. The van der Waals surface area contributed by atoms with E-state index in [2.05, 4.69) is 10.4 Å². The molecule has 7 nitrogen and oxygen atoms in total. The Kier molecular flexibility index (Phi) is 5.25. The first-order chi connectivity index (χ1) is 15.1. The number of rotatable bonds is 4. The van der Waals surface area contributed by atoms with Gasteiger partial charge in [0, 0.05) is 25.1 Å². The second-order valence-corrected chi connectivity index (χ2v) is 8.37. The van der Waals surface area contributed by atoms with Gasteiger partial charge in [0.25, 0.3) is 5.91 Å². The van der Waals surface area contributed by atoms with Gasteiger partial charge in [-0.1, -0.05) is 17.7 Å². The van der Waals surface area contributed by atoms with Crippen LogP contribution in [0.4, 0.5) is 5.69 Å². The van der Waals surface area contributed by atoms with Gasteiger partial charge in [-0.25, -0.2) is 9.67 Å². The largest absolute Gasteiger partial charge is 0.490 e. The maximum atomic E-state index is 13.3. The van der Waals surface area contributed by atoms with Crippen LogP contribution in [0, 0.1) is 0 Å². The van der Waals surface area contributed by atoms with Gasteiger partial charge >= 0.3 is 0 Å². The minimum atomic E-state index is -0.294. The number of thiophene rings is 1. The lowest BCUT2D eigenvalue weighted by Gasteiger charge is -2.13. The number of halogens is 1. The summed E-state index contributed by atoms with van der Waals surface area (Å²) in [6, 6.07) is 9.11. The molecule has 5 rings (SSSR count). The lowest BCUT2D eigenvalue weighted by atomic mass is 10.1. The first-order valence-electron chi connectivity index (χ1n) is 9.95. The van der Waals surface area contributed by atoms with Crippen molar-refractivity contribution in [3.63, 3.8) is 0 Å². The number of ether oxygens (including phenoxy) is 2. The summed E-state index contributed by atoms with van der Waals surface area (Å²) in [6.45, 7) is 3.76. The number of hydrogen-bond acceptors (Lipinski definition) is 6. The molecule has 0 aliphatic carbocycles. The fourth-order valence-electron chi connectivity index (χ4n) is 3.49. The molecule has 3 aromatic heterocycles. The summed E-state index contributed by atoms with van der Waals surface area (Å²) in [5.41, 5.74) is 2.34. The number of anilines is 1. The molecular weight excluding hydrogens is 436 g/mol. The molecule has 1 amide bonds. The van der Waals surface area contributed by atoms with Crippen molar-refractivity contribution in [3.8, 4) is 22.1 Å². The summed E-state index contributed by atoms with van der Waals surface area (Å²) in [7, 11) is 0. The molecule has 1 aliphatic rings. The third-order valence-corrected chi connectivity index (χ3v) is 6.22. The molecule has 0 saturated carbocycles. The standard InChI is InChI=1S/C22H19ClN4O3S/c1-2-27-21-14(12-24-27)13(9-17(25-21)20-5-3-8-31-20)22(28)26-16-11-19-18(10-15(16)23)29-6-4-7-30-19/h3,5,8-12H,2,4,6-7H2,1H3,(H,26,28). The fraction of sp³-hybridized carbons (Fsp3) is 0.227. The van der Waals surface area contributed by atoms with Crippen molar-refractivity contribution in [1.82, 2.24) is 14.8 Å². The molecule has 4 heterocycles. The number of aryl methyl sites for hydroxylation is 1. The third kappa shape index (κ3) is 3.73. The number of fused-ring (bicyclic) bond motifs is 2. The van der Waals surface area contributed by atoms with Gasteiger partial charge in [-0.15, -0.1) is 11.3 Å². The van der Waals surface area contributed by atoms with Gasteiger partial charge in [-0.05, 0) is 24.4 Å². The number of carbonyl (C=O) groups excluding carboxylic acids is 1. The van der Waals surface area contributed by atoms with Gasteiger partial charge in [-0.2, -0.15) is 5.10 Å². The number of nitrogens with zero attached hydrogens (tertiary/aromatic N) is 3. The molecule has 0 unspecified atom stereocenters. The van der Waals surface area contributed by atoms with Crippen LogP contribution in [0.2, 0.25) is 5.02 Å². The Balaban J connectivity index is 1.56. The van der Waals surface area contributed by atoms with Gasteiger partial charge in [0.1, 0.15) is 0 Å². The molecule has 1 aromatic carbocycles. The highest BCUT2D eigenvalue weighted by Gasteiger charge is 2.20. The maximum Gasteiger partial charge on any atom is 0.256 e. The second kappa shape index (κ2) is 8.20. The van der Waals surface area contributed by atoms with E-state index in [1.54, 1.807) is 40.4 Å². The van der Waals surface area contributed by atoms with E-state index in [-0.39, 0.29) is 5.91 Å². The first-order valence-corrected chi connectivity index (χ1v) is 11.2. The molecule has 1 N–H and O–H groups in total. The third-order valence-electron chi connectivity index (χ3n) is 5.01. The van der Waals surface area contributed by atoms with Crippen molar-refractivity contribution in [2.75, 3.05) is 18.5 Å². The van der Waals surface area contributed by atoms with E-state index in [9.17, 15) is 4.79 Å². The summed E-state index contributed by atoms with van der Waals surface area (Å²) < 4.78 is 13.2. The lowest BCUT2D eigenvalue weighted by molar-refractivity contribution is 0.102. The fourth-order valence-corrected chi connectivity index (χ4v) is 4.37. The highest BCUT2D eigenvalue weighted by atomic mass is 35.5. The van der Waals surface area contributed by atoms with Crippen molar-refractivity contribution in [2.45, 2.75) is 19.9 Å². The molecule has 1 aliphatic heterocycles. The monoisotopic (exact) mass is 454 g/mol. The molecule has 0 spiro atoms. The summed E-state index contributed by atoms with van der Waals surface area (Å²) in [6.07, 6.45) is 2.46. The number of pyridine rings is 1. The van der Waals surface area contributed by atoms with E-state index in [0.29, 0.717) is 58.6 Å². The van der Waals surface area contributed by atoms with Crippen LogP contribution in [0.25, 0.3) is 21.6 Å². The number of carbonyl (C=O) groups is 1. The van der Waals surface area contributed by atoms with Gasteiger partial charge < -0.3 is 14.8 Å². The summed E-state index contributed by atoms with van der Waals surface area (Å²) >= 11 is 8.00. The second-order valence-electron chi connectivity index (χ2n) is 7.01. The zero-order chi connectivity index (χ0) is 21.4. The molecule has 4 aromatic rings. The normalized spacial score (nSPS) is 13.2. The number of nitrogens with one attached hydrogen (secondary N) is 1. The molecular formula is C22H19ClN4O3S. The van der Waals surface area contributed by atoms with E-state index in [1.165, 1.54) is 0 Å². The Morgan fingerprint density at radius 2 is 2.06 bits per heavy atom. The van der Waals surface area contributed by atoms with Crippen LogP contribution in [0.5, 0.6) is 11.5 Å². The molecule has 0 fully saturated rings. The Bertz CT molecular complexity index is 1270. The maximum absolute atomic E-state index is 13.3. The van der Waals surface area contributed by atoms with Crippen molar-refractivity contribution in [2.24, 2.45) is 0 Å². The van der Waals surface area contributed by atoms with Crippen molar-refractivity contribution >= 4 is 45.6 Å². The van der Waals surface area contributed by atoms with Crippen LogP contribution < -0.4 is 14.8 Å².